The molecule has 2 fully saturated rings. The highest BCUT2D eigenvalue weighted by Gasteiger charge is 2.50. The Labute approximate surface area is 170 Å². The van der Waals surface area contributed by atoms with Crippen LogP contribution in [-0.2, 0) is 20.7 Å². The summed E-state index contributed by atoms with van der Waals surface area (Å²) >= 11 is 1.60. The Bertz CT molecular complexity index is 873. The Morgan fingerprint density at radius 1 is 1.25 bits per heavy atom. The number of amides is 1. The molecule has 1 aromatic carbocycles. The van der Waals surface area contributed by atoms with Crippen LogP contribution in [0, 0.1) is 10.8 Å². The van der Waals surface area contributed by atoms with Crippen LogP contribution in [0.1, 0.15) is 51.5 Å². The van der Waals surface area contributed by atoms with Crippen molar-refractivity contribution in [1.29, 1.82) is 0 Å². The maximum Gasteiger partial charge on any atom is 0.306 e. The molecule has 2 bridgehead atoms. The van der Waals surface area contributed by atoms with Gasteiger partial charge in [-0.3, -0.25) is 9.59 Å². The molecule has 1 aromatic heterocycles. The first-order valence-corrected chi connectivity index (χ1v) is 10.8. The average molecular weight is 401 g/mol. The Hall–Kier alpha value is -1.95. The van der Waals surface area contributed by atoms with Crippen molar-refractivity contribution in [3.05, 3.63) is 29.3 Å². The lowest BCUT2D eigenvalue weighted by Crippen LogP contribution is -2.39. The lowest BCUT2D eigenvalue weighted by molar-refractivity contribution is -0.152. The van der Waals surface area contributed by atoms with E-state index in [9.17, 15) is 9.59 Å². The molecule has 1 amide bonds. The van der Waals surface area contributed by atoms with Crippen molar-refractivity contribution < 1.29 is 14.3 Å². The Kier molecular flexibility index (Phi) is 4.94. The molecule has 0 N–H and O–H groups in total. The van der Waals surface area contributed by atoms with Crippen LogP contribution in [0.4, 0.5) is 0 Å². The lowest BCUT2D eigenvalue weighted by atomic mass is 9.65. The zero-order valence-corrected chi connectivity index (χ0v) is 17.7. The summed E-state index contributed by atoms with van der Waals surface area (Å²) in [6, 6.07) is 8.23. The van der Waals surface area contributed by atoms with Gasteiger partial charge in [0.2, 0.25) is 0 Å². The first-order valence-electron chi connectivity index (χ1n) is 10.0. The van der Waals surface area contributed by atoms with Gasteiger partial charge in [0.05, 0.1) is 21.6 Å². The number of aromatic nitrogens is 1. The third kappa shape index (κ3) is 4.07. The number of para-hydroxylation sites is 1. The first-order chi connectivity index (χ1) is 13.2. The Morgan fingerprint density at radius 3 is 2.82 bits per heavy atom. The van der Waals surface area contributed by atoms with Crippen molar-refractivity contribution in [1.82, 2.24) is 9.88 Å². The van der Waals surface area contributed by atoms with Gasteiger partial charge in [-0.15, -0.1) is 11.3 Å². The van der Waals surface area contributed by atoms with Gasteiger partial charge in [-0.25, -0.2) is 4.98 Å². The fraction of sp³-hybridized carbons (Fsp3) is 0.591. The van der Waals surface area contributed by atoms with Gasteiger partial charge >= 0.3 is 5.97 Å². The Balaban J connectivity index is 1.27. The number of hydrogen-bond acceptors (Lipinski definition) is 5. The second-order valence-electron chi connectivity index (χ2n) is 9.47. The summed E-state index contributed by atoms with van der Waals surface area (Å²) in [7, 11) is 0. The zero-order chi connectivity index (χ0) is 19.9. The predicted octanol–water partition coefficient (Wildman–Crippen LogP) is 4.20. The summed E-state index contributed by atoms with van der Waals surface area (Å²) in [5.41, 5.74) is 1.42. The van der Waals surface area contributed by atoms with E-state index < -0.39 is 0 Å². The molecule has 2 aromatic rings. The van der Waals surface area contributed by atoms with Crippen LogP contribution in [0.15, 0.2) is 24.3 Å². The average Bonchev–Trinajstić information content (AvgIpc) is 3.14. The fourth-order valence-corrected chi connectivity index (χ4v) is 6.25. The molecule has 5 nitrogen and oxygen atoms in total. The highest BCUT2D eigenvalue weighted by molar-refractivity contribution is 7.18. The van der Waals surface area contributed by atoms with E-state index in [-0.39, 0.29) is 41.8 Å². The highest BCUT2D eigenvalue weighted by atomic mass is 32.1. The molecule has 1 saturated carbocycles. The van der Waals surface area contributed by atoms with Gasteiger partial charge in [-0.1, -0.05) is 32.9 Å². The van der Waals surface area contributed by atoms with Crippen molar-refractivity contribution in [3.63, 3.8) is 0 Å². The zero-order valence-electron chi connectivity index (χ0n) is 16.9. The summed E-state index contributed by atoms with van der Waals surface area (Å²) in [4.78, 5) is 31.3. The first kappa shape index (κ1) is 19.4. The van der Waals surface area contributed by atoms with Crippen LogP contribution in [0.2, 0.25) is 0 Å². The summed E-state index contributed by atoms with van der Waals surface area (Å²) < 4.78 is 6.41. The summed E-state index contributed by atoms with van der Waals surface area (Å²) in [5.74, 6) is -0.388. The highest BCUT2D eigenvalue weighted by Crippen LogP contribution is 2.52. The number of esters is 1. The minimum absolute atomic E-state index is 0.0558. The van der Waals surface area contributed by atoms with Crippen LogP contribution >= 0.6 is 11.3 Å². The van der Waals surface area contributed by atoms with Gasteiger partial charge in [-0.05, 0) is 42.2 Å². The molecule has 2 atom stereocenters. The van der Waals surface area contributed by atoms with Gasteiger partial charge in [0, 0.05) is 19.0 Å². The monoisotopic (exact) mass is 400 g/mol. The minimum atomic E-state index is -0.332. The molecular formula is C22H28N2O3S. The third-order valence-electron chi connectivity index (χ3n) is 5.97. The fourth-order valence-electron chi connectivity index (χ4n) is 5.28. The summed E-state index contributed by atoms with van der Waals surface area (Å²) in [5, 5.41) is 0.924. The molecule has 28 heavy (non-hydrogen) atoms. The Morgan fingerprint density at radius 2 is 2.04 bits per heavy atom. The molecule has 150 valence electrons. The molecule has 2 aliphatic rings. The molecule has 4 rings (SSSR count). The number of nitrogens with zero attached hydrogens (tertiary/aromatic N) is 2. The van der Waals surface area contributed by atoms with Gasteiger partial charge in [0.1, 0.15) is 0 Å². The molecular weight excluding hydrogens is 372 g/mol. The quantitative estimate of drug-likeness (QED) is 0.706. The second-order valence-corrected chi connectivity index (χ2v) is 10.6. The molecule has 2 heterocycles. The van der Waals surface area contributed by atoms with Gasteiger partial charge in [0.25, 0.3) is 5.91 Å². The van der Waals surface area contributed by atoms with E-state index >= 15 is 0 Å². The number of likely N-dealkylation sites (tertiary alicyclic amines) is 1. The molecule has 6 heteroatoms. The maximum absolute atomic E-state index is 12.7. The van der Waals surface area contributed by atoms with Crippen LogP contribution in [0.3, 0.4) is 0 Å². The molecule has 1 aliphatic carbocycles. The largest absolute Gasteiger partial charge is 0.456 e. The van der Waals surface area contributed by atoms with Crippen LogP contribution in [0.5, 0.6) is 0 Å². The van der Waals surface area contributed by atoms with E-state index in [1.165, 1.54) is 0 Å². The molecule has 0 spiro atoms. The number of benzene rings is 1. The SMILES string of the molecule is CC1(C)CC2CC(C)(CN2C(=O)COC(=O)CCc2nc3ccccc3s2)C1. The van der Waals surface area contributed by atoms with Crippen molar-refractivity contribution in [2.45, 2.75) is 58.9 Å². The van der Waals surface area contributed by atoms with Gasteiger partial charge < -0.3 is 9.64 Å². The number of hydrogen-bond donors (Lipinski definition) is 0. The number of rotatable bonds is 5. The molecule has 0 radical (unpaired) electrons. The normalized spacial score (nSPS) is 25.8. The van der Waals surface area contributed by atoms with Crippen molar-refractivity contribution in [2.24, 2.45) is 10.8 Å². The maximum atomic E-state index is 12.7. The van der Waals surface area contributed by atoms with E-state index in [4.69, 9.17) is 4.74 Å². The smallest absolute Gasteiger partial charge is 0.306 e. The summed E-state index contributed by atoms with van der Waals surface area (Å²) in [6.45, 7) is 7.48. The van der Waals surface area contributed by atoms with Crippen molar-refractivity contribution >= 4 is 33.4 Å². The summed E-state index contributed by atoms with van der Waals surface area (Å²) in [6.07, 6.45) is 4.03. The molecule has 1 aliphatic heterocycles. The van der Waals surface area contributed by atoms with E-state index in [2.05, 4.69) is 25.8 Å². The standard InChI is InChI=1S/C22H28N2O3S/c1-21(2)10-15-11-22(3,13-21)14-24(15)19(25)12-27-20(26)9-8-18-23-16-6-4-5-7-17(16)28-18/h4-7,15H,8-14H2,1-3H3. The number of carbonyl (C=O) groups excluding carboxylic acids is 2. The van der Waals surface area contributed by atoms with E-state index in [0.29, 0.717) is 6.42 Å². The van der Waals surface area contributed by atoms with Crippen molar-refractivity contribution in [3.8, 4) is 0 Å². The van der Waals surface area contributed by atoms with Crippen LogP contribution < -0.4 is 0 Å². The number of fused-ring (bicyclic) bond motifs is 3. The molecule has 1 saturated heterocycles. The van der Waals surface area contributed by atoms with Gasteiger partial charge in [0.15, 0.2) is 6.61 Å². The number of thiazole rings is 1. The van der Waals surface area contributed by atoms with Crippen molar-refractivity contribution in [2.75, 3.05) is 13.2 Å². The predicted molar refractivity (Wildman–Crippen MR) is 110 cm³/mol. The topological polar surface area (TPSA) is 59.5 Å². The lowest BCUT2D eigenvalue weighted by Gasteiger charge is -2.39. The number of aryl methyl sites for hydroxylation is 1. The molecule has 2 unspecified atom stereocenters. The minimum Gasteiger partial charge on any atom is -0.456 e. The third-order valence-corrected chi connectivity index (χ3v) is 7.07. The van der Waals surface area contributed by atoms with E-state index in [0.717, 1.165) is 41.0 Å². The van der Waals surface area contributed by atoms with Crippen LogP contribution in [-0.4, -0.2) is 41.0 Å². The van der Waals surface area contributed by atoms with Crippen LogP contribution in [0.25, 0.3) is 10.2 Å². The number of carbonyl (C=O) groups is 2. The van der Waals surface area contributed by atoms with Gasteiger partial charge in [-0.2, -0.15) is 0 Å². The number of ether oxygens (including phenoxy) is 1. The van der Waals surface area contributed by atoms with E-state index in [1.54, 1.807) is 11.3 Å². The second kappa shape index (κ2) is 7.14. The van der Waals surface area contributed by atoms with E-state index in [1.807, 2.05) is 29.2 Å².